The van der Waals surface area contributed by atoms with Gasteiger partial charge in [0.2, 0.25) is 0 Å². The molecule has 1 rings (SSSR count). The first-order valence-corrected chi connectivity index (χ1v) is 4.68. The highest BCUT2D eigenvalue weighted by Gasteiger charge is 2.24. The highest BCUT2D eigenvalue weighted by atomic mass is 16.5. The van der Waals surface area contributed by atoms with Gasteiger partial charge >= 0.3 is 5.97 Å². The Balaban J connectivity index is 2.29. The van der Waals surface area contributed by atoms with Gasteiger partial charge in [-0.3, -0.25) is 4.79 Å². The van der Waals surface area contributed by atoms with Crippen molar-refractivity contribution in [2.45, 2.75) is 12.8 Å². The lowest BCUT2D eigenvalue weighted by molar-refractivity contribution is -0.143. The van der Waals surface area contributed by atoms with Gasteiger partial charge < -0.3 is 14.7 Å². The Morgan fingerprint density at radius 2 is 2.46 bits per heavy atom. The van der Waals surface area contributed by atoms with Crippen molar-refractivity contribution in [2.75, 3.05) is 33.4 Å². The van der Waals surface area contributed by atoms with E-state index in [1.807, 2.05) is 0 Å². The topological polar surface area (TPSA) is 49.8 Å². The van der Waals surface area contributed by atoms with Crippen molar-refractivity contribution in [3.63, 3.8) is 0 Å². The van der Waals surface area contributed by atoms with Crippen molar-refractivity contribution in [1.82, 2.24) is 4.90 Å². The second-order valence-corrected chi connectivity index (χ2v) is 3.47. The Morgan fingerprint density at radius 3 is 3.08 bits per heavy atom. The maximum Gasteiger partial charge on any atom is 0.307 e. The number of hydrogen-bond acceptors (Lipinski definition) is 3. The summed E-state index contributed by atoms with van der Waals surface area (Å²) in [6.45, 7) is 3.22. The van der Waals surface area contributed by atoms with Crippen LogP contribution in [0.4, 0.5) is 0 Å². The fourth-order valence-corrected chi connectivity index (χ4v) is 1.68. The average Bonchev–Trinajstić information content (AvgIpc) is 2.15. The number of carboxylic acids is 1. The summed E-state index contributed by atoms with van der Waals surface area (Å²) >= 11 is 0. The predicted molar refractivity (Wildman–Crippen MR) is 48.7 cm³/mol. The quantitative estimate of drug-likeness (QED) is 0.693. The average molecular weight is 187 g/mol. The van der Waals surface area contributed by atoms with Gasteiger partial charge in [-0.15, -0.1) is 0 Å². The summed E-state index contributed by atoms with van der Waals surface area (Å²) in [5.41, 5.74) is 0. The summed E-state index contributed by atoms with van der Waals surface area (Å²) in [4.78, 5) is 12.9. The van der Waals surface area contributed by atoms with Crippen molar-refractivity contribution in [2.24, 2.45) is 5.92 Å². The number of methoxy groups -OCH3 is 1. The lowest BCUT2D eigenvalue weighted by Crippen LogP contribution is -2.40. The summed E-state index contributed by atoms with van der Waals surface area (Å²) in [7, 11) is 1.67. The van der Waals surface area contributed by atoms with Crippen LogP contribution in [-0.2, 0) is 9.53 Å². The van der Waals surface area contributed by atoms with Crippen molar-refractivity contribution < 1.29 is 14.6 Å². The molecule has 0 spiro atoms. The summed E-state index contributed by atoms with van der Waals surface area (Å²) in [5.74, 6) is -0.840. The van der Waals surface area contributed by atoms with Crippen LogP contribution in [-0.4, -0.2) is 49.3 Å². The number of nitrogens with zero attached hydrogens (tertiary/aromatic N) is 1. The molecule has 0 bridgehead atoms. The zero-order valence-electron chi connectivity index (χ0n) is 8.03. The summed E-state index contributed by atoms with van der Waals surface area (Å²) < 4.78 is 4.95. The Kier molecular flexibility index (Phi) is 4.18. The van der Waals surface area contributed by atoms with Crippen molar-refractivity contribution in [3.8, 4) is 0 Å². The van der Waals surface area contributed by atoms with Gasteiger partial charge in [0.25, 0.3) is 0 Å². The van der Waals surface area contributed by atoms with Gasteiger partial charge in [-0.2, -0.15) is 0 Å². The number of likely N-dealkylation sites (tertiary alicyclic amines) is 1. The molecule has 0 amide bonds. The van der Waals surface area contributed by atoms with Crippen LogP contribution in [0.5, 0.6) is 0 Å². The Labute approximate surface area is 78.5 Å². The van der Waals surface area contributed by atoms with E-state index in [9.17, 15) is 4.79 Å². The molecular formula is C9H17NO3. The first-order valence-electron chi connectivity index (χ1n) is 4.68. The monoisotopic (exact) mass is 187 g/mol. The van der Waals surface area contributed by atoms with Crippen LogP contribution < -0.4 is 0 Å². The van der Waals surface area contributed by atoms with Crippen LogP contribution in [0.25, 0.3) is 0 Å². The largest absolute Gasteiger partial charge is 0.481 e. The number of carboxylic acid groups (broad SMARTS) is 1. The minimum atomic E-state index is -0.665. The van der Waals surface area contributed by atoms with E-state index in [0.29, 0.717) is 13.2 Å². The van der Waals surface area contributed by atoms with Crippen molar-refractivity contribution >= 4 is 5.97 Å². The van der Waals surface area contributed by atoms with E-state index in [1.54, 1.807) is 7.11 Å². The highest BCUT2D eigenvalue weighted by molar-refractivity contribution is 5.70. The molecule has 13 heavy (non-hydrogen) atoms. The lowest BCUT2D eigenvalue weighted by Gasteiger charge is -2.30. The van der Waals surface area contributed by atoms with Crippen LogP contribution in [0.15, 0.2) is 0 Å². The fourth-order valence-electron chi connectivity index (χ4n) is 1.68. The zero-order chi connectivity index (χ0) is 9.68. The van der Waals surface area contributed by atoms with E-state index in [4.69, 9.17) is 9.84 Å². The number of ether oxygens (including phenoxy) is 1. The Morgan fingerprint density at radius 1 is 1.69 bits per heavy atom. The van der Waals surface area contributed by atoms with Gasteiger partial charge in [-0.1, -0.05) is 0 Å². The Bertz CT molecular complexity index is 172. The molecule has 0 aromatic rings. The van der Waals surface area contributed by atoms with Gasteiger partial charge in [0.1, 0.15) is 0 Å². The van der Waals surface area contributed by atoms with E-state index in [-0.39, 0.29) is 5.92 Å². The molecule has 4 nitrogen and oxygen atoms in total. The first-order chi connectivity index (χ1) is 6.24. The predicted octanol–water partition coefficient (Wildman–Crippen LogP) is 0.429. The van der Waals surface area contributed by atoms with Crippen molar-refractivity contribution in [3.05, 3.63) is 0 Å². The first kappa shape index (κ1) is 10.5. The van der Waals surface area contributed by atoms with Gasteiger partial charge in [-0.05, 0) is 19.4 Å². The van der Waals surface area contributed by atoms with E-state index >= 15 is 0 Å². The molecule has 76 valence electrons. The van der Waals surface area contributed by atoms with Crippen molar-refractivity contribution in [1.29, 1.82) is 0 Å². The van der Waals surface area contributed by atoms with E-state index in [1.165, 1.54) is 0 Å². The maximum atomic E-state index is 10.7. The van der Waals surface area contributed by atoms with Gasteiger partial charge in [-0.25, -0.2) is 0 Å². The SMILES string of the molecule is COCCN1CCC[C@H](C(=O)O)C1. The van der Waals surface area contributed by atoms with Gasteiger partial charge in [0.15, 0.2) is 0 Å². The molecule has 0 aliphatic carbocycles. The molecule has 1 fully saturated rings. The third kappa shape index (κ3) is 3.32. The molecule has 0 saturated carbocycles. The summed E-state index contributed by atoms with van der Waals surface area (Å²) in [6, 6.07) is 0. The second-order valence-electron chi connectivity index (χ2n) is 3.47. The van der Waals surface area contributed by atoms with E-state index < -0.39 is 5.97 Å². The lowest BCUT2D eigenvalue weighted by atomic mass is 9.98. The van der Waals surface area contributed by atoms with Crippen LogP contribution in [0, 0.1) is 5.92 Å². The van der Waals surface area contributed by atoms with Crippen LogP contribution in [0.3, 0.4) is 0 Å². The summed E-state index contributed by atoms with van der Waals surface area (Å²) in [5, 5.41) is 8.82. The highest BCUT2D eigenvalue weighted by Crippen LogP contribution is 2.15. The normalized spacial score (nSPS) is 24.5. The standard InChI is InChI=1S/C9H17NO3/c1-13-6-5-10-4-2-3-8(7-10)9(11)12/h8H,2-7H2,1H3,(H,11,12)/t8-/m0/s1. The fraction of sp³-hybridized carbons (Fsp3) is 0.889. The minimum Gasteiger partial charge on any atom is -0.481 e. The third-order valence-corrected chi connectivity index (χ3v) is 2.47. The zero-order valence-corrected chi connectivity index (χ0v) is 8.03. The molecule has 1 N–H and O–H groups in total. The molecule has 0 aromatic heterocycles. The summed E-state index contributed by atoms with van der Waals surface area (Å²) in [6.07, 6.45) is 1.81. The second kappa shape index (κ2) is 5.19. The molecule has 1 aliphatic heterocycles. The van der Waals surface area contributed by atoms with Crippen LogP contribution in [0.1, 0.15) is 12.8 Å². The molecule has 1 aliphatic rings. The van der Waals surface area contributed by atoms with Crippen LogP contribution in [0.2, 0.25) is 0 Å². The molecule has 0 radical (unpaired) electrons. The molecular weight excluding hydrogens is 170 g/mol. The van der Waals surface area contributed by atoms with Gasteiger partial charge in [0.05, 0.1) is 12.5 Å². The van der Waals surface area contributed by atoms with Gasteiger partial charge in [0, 0.05) is 20.2 Å². The number of carbonyl (C=O) groups is 1. The number of piperidine rings is 1. The van der Waals surface area contributed by atoms with E-state index in [2.05, 4.69) is 4.90 Å². The molecule has 1 atom stereocenters. The van der Waals surface area contributed by atoms with E-state index in [0.717, 1.165) is 25.9 Å². The third-order valence-electron chi connectivity index (χ3n) is 2.47. The molecule has 0 unspecified atom stereocenters. The number of hydrogen-bond donors (Lipinski definition) is 1. The van der Waals surface area contributed by atoms with Crippen LogP contribution >= 0.6 is 0 Å². The molecule has 4 heteroatoms. The minimum absolute atomic E-state index is 0.175. The number of rotatable bonds is 4. The molecule has 1 heterocycles. The molecule has 1 saturated heterocycles. The smallest absolute Gasteiger partial charge is 0.307 e. The number of aliphatic carboxylic acids is 1. The Hall–Kier alpha value is -0.610. The maximum absolute atomic E-state index is 10.7. The molecule has 0 aromatic carbocycles.